The standard InChI is InChI=1S/C17H33N/c1-12(2)15(13-8-9-13)14-10-16(3,4)18(7)17(5,6)11-14/h12-15H,8-11H2,1-7H3. The van der Waals surface area contributed by atoms with E-state index in [1.165, 1.54) is 25.7 Å². The molecule has 18 heavy (non-hydrogen) atoms. The summed E-state index contributed by atoms with van der Waals surface area (Å²) in [4.78, 5) is 2.61. The lowest BCUT2D eigenvalue weighted by Gasteiger charge is -2.55. The van der Waals surface area contributed by atoms with Crippen molar-refractivity contribution in [3.05, 3.63) is 0 Å². The predicted octanol–water partition coefficient (Wildman–Crippen LogP) is 4.57. The molecule has 0 bridgehead atoms. The molecule has 0 aromatic rings. The third kappa shape index (κ3) is 2.61. The fourth-order valence-corrected chi connectivity index (χ4v) is 4.68. The zero-order valence-electron chi connectivity index (χ0n) is 13.6. The van der Waals surface area contributed by atoms with Gasteiger partial charge in [-0.15, -0.1) is 0 Å². The molecule has 1 saturated heterocycles. The Bertz CT molecular complexity index is 279. The first-order valence-electron chi connectivity index (χ1n) is 7.89. The average Bonchev–Trinajstić information content (AvgIpc) is 2.97. The van der Waals surface area contributed by atoms with Gasteiger partial charge in [-0.1, -0.05) is 13.8 Å². The lowest BCUT2D eigenvalue weighted by Crippen LogP contribution is -2.59. The van der Waals surface area contributed by atoms with Gasteiger partial charge in [0.05, 0.1) is 0 Å². The number of hydrogen-bond acceptors (Lipinski definition) is 1. The van der Waals surface area contributed by atoms with Crippen LogP contribution in [0.5, 0.6) is 0 Å². The van der Waals surface area contributed by atoms with Crippen LogP contribution >= 0.6 is 0 Å². The van der Waals surface area contributed by atoms with E-state index in [1.54, 1.807) is 0 Å². The third-order valence-corrected chi connectivity index (χ3v) is 5.82. The molecule has 0 spiro atoms. The van der Waals surface area contributed by atoms with Crippen molar-refractivity contribution in [2.24, 2.45) is 23.7 Å². The first-order chi connectivity index (χ1) is 8.15. The summed E-state index contributed by atoms with van der Waals surface area (Å²) in [5, 5.41) is 0. The van der Waals surface area contributed by atoms with Gasteiger partial charge in [-0.3, -0.25) is 4.90 Å². The third-order valence-electron chi connectivity index (χ3n) is 5.82. The monoisotopic (exact) mass is 251 g/mol. The normalized spacial score (nSPS) is 30.7. The fourth-order valence-electron chi connectivity index (χ4n) is 4.68. The Hall–Kier alpha value is -0.0400. The van der Waals surface area contributed by atoms with Gasteiger partial charge in [0.2, 0.25) is 0 Å². The largest absolute Gasteiger partial charge is 0.296 e. The zero-order valence-corrected chi connectivity index (χ0v) is 13.6. The summed E-state index contributed by atoms with van der Waals surface area (Å²) in [7, 11) is 2.32. The van der Waals surface area contributed by atoms with Crippen LogP contribution in [0, 0.1) is 23.7 Å². The first kappa shape index (κ1) is 14.4. The number of piperidine rings is 1. The smallest absolute Gasteiger partial charge is 0.0158 e. The summed E-state index contributed by atoms with van der Waals surface area (Å²) in [5.74, 6) is 3.80. The van der Waals surface area contributed by atoms with E-state index >= 15 is 0 Å². The van der Waals surface area contributed by atoms with Gasteiger partial charge in [0, 0.05) is 11.1 Å². The highest BCUT2D eigenvalue weighted by molar-refractivity contribution is 5.02. The van der Waals surface area contributed by atoms with Crippen LogP contribution in [-0.2, 0) is 0 Å². The van der Waals surface area contributed by atoms with E-state index in [2.05, 4.69) is 53.5 Å². The maximum absolute atomic E-state index is 2.61. The van der Waals surface area contributed by atoms with E-state index in [9.17, 15) is 0 Å². The van der Waals surface area contributed by atoms with Crippen molar-refractivity contribution in [1.29, 1.82) is 0 Å². The van der Waals surface area contributed by atoms with Crippen molar-refractivity contribution in [1.82, 2.24) is 4.90 Å². The van der Waals surface area contributed by atoms with Crippen LogP contribution in [0.4, 0.5) is 0 Å². The Balaban J connectivity index is 2.18. The Kier molecular flexibility index (Phi) is 3.60. The number of hydrogen-bond donors (Lipinski definition) is 0. The highest BCUT2D eigenvalue weighted by Gasteiger charge is 2.48. The molecule has 0 amide bonds. The van der Waals surface area contributed by atoms with Gasteiger partial charge in [-0.2, -0.15) is 0 Å². The summed E-state index contributed by atoms with van der Waals surface area (Å²) in [6, 6.07) is 0. The molecule has 1 aliphatic heterocycles. The molecule has 1 heteroatoms. The second kappa shape index (κ2) is 4.51. The van der Waals surface area contributed by atoms with Crippen LogP contribution in [0.3, 0.4) is 0 Å². The Labute approximate surface area is 114 Å². The fraction of sp³-hybridized carbons (Fsp3) is 1.00. The molecular formula is C17H33N. The number of likely N-dealkylation sites (tertiary alicyclic amines) is 1. The number of rotatable bonds is 3. The predicted molar refractivity (Wildman–Crippen MR) is 79.7 cm³/mol. The maximum atomic E-state index is 2.61. The molecule has 1 saturated carbocycles. The van der Waals surface area contributed by atoms with Crippen molar-refractivity contribution in [2.75, 3.05) is 7.05 Å². The van der Waals surface area contributed by atoms with Crippen molar-refractivity contribution >= 4 is 0 Å². The van der Waals surface area contributed by atoms with Gasteiger partial charge in [0.1, 0.15) is 0 Å². The summed E-state index contributed by atoms with van der Waals surface area (Å²) in [6.45, 7) is 14.6. The molecule has 1 nitrogen and oxygen atoms in total. The Morgan fingerprint density at radius 2 is 1.33 bits per heavy atom. The zero-order chi connectivity index (χ0) is 13.7. The minimum absolute atomic E-state index is 0.356. The molecule has 2 aliphatic rings. The first-order valence-corrected chi connectivity index (χ1v) is 7.89. The van der Waals surface area contributed by atoms with Gasteiger partial charge < -0.3 is 0 Å². The molecule has 106 valence electrons. The summed E-state index contributed by atoms with van der Waals surface area (Å²) < 4.78 is 0. The minimum Gasteiger partial charge on any atom is -0.296 e. The van der Waals surface area contributed by atoms with E-state index in [4.69, 9.17) is 0 Å². The lowest BCUT2D eigenvalue weighted by atomic mass is 9.65. The highest BCUT2D eigenvalue weighted by Crippen LogP contribution is 2.51. The van der Waals surface area contributed by atoms with E-state index in [-0.39, 0.29) is 0 Å². The highest BCUT2D eigenvalue weighted by atomic mass is 15.2. The Morgan fingerprint density at radius 1 is 0.889 bits per heavy atom. The lowest BCUT2D eigenvalue weighted by molar-refractivity contribution is -0.0527. The quantitative estimate of drug-likeness (QED) is 0.710. The molecule has 1 heterocycles. The van der Waals surface area contributed by atoms with Crippen LogP contribution < -0.4 is 0 Å². The van der Waals surface area contributed by atoms with E-state index < -0.39 is 0 Å². The van der Waals surface area contributed by atoms with Crippen LogP contribution in [0.15, 0.2) is 0 Å². The van der Waals surface area contributed by atoms with Crippen LogP contribution in [0.2, 0.25) is 0 Å². The molecule has 0 N–H and O–H groups in total. The molecule has 0 radical (unpaired) electrons. The van der Waals surface area contributed by atoms with Crippen LogP contribution in [0.1, 0.15) is 67.2 Å². The number of nitrogens with zero attached hydrogens (tertiary/aromatic N) is 1. The molecule has 1 aliphatic carbocycles. The van der Waals surface area contributed by atoms with Crippen LogP contribution in [-0.4, -0.2) is 23.0 Å². The van der Waals surface area contributed by atoms with Crippen molar-refractivity contribution < 1.29 is 0 Å². The van der Waals surface area contributed by atoms with Gasteiger partial charge in [-0.05, 0) is 84.1 Å². The summed E-state index contributed by atoms with van der Waals surface area (Å²) in [6.07, 6.45) is 5.75. The molecular weight excluding hydrogens is 218 g/mol. The van der Waals surface area contributed by atoms with Gasteiger partial charge in [-0.25, -0.2) is 0 Å². The van der Waals surface area contributed by atoms with Gasteiger partial charge in [0.25, 0.3) is 0 Å². The van der Waals surface area contributed by atoms with E-state index in [0.29, 0.717) is 11.1 Å². The minimum atomic E-state index is 0.356. The topological polar surface area (TPSA) is 3.24 Å². The van der Waals surface area contributed by atoms with Gasteiger partial charge in [0.15, 0.2) is 0 Å². The molecule has 1 unspecified atom stereocenters. The molecule has 0 aromatic carbocycles. The second-order valence-electron chi connectivity index (χ2n) is 8.51. The summed E-state index contributed by atoms with van der Waals surface area (Å²) >= 11 is 0. The van der Waals surface area contributed by atoms with Crippen molar-refractivity contribution in [2.45, 2.75) is 78.3 Å². The maximum Gasteiger partial charge on any atom is 0.0158 e. The second-order valence-corrected chi connectivity index (χ2v) is 8.51. The average molecular weight is 251 g/mol. The van der Waals surface area contributed by atoms with E-state index in [1.807, 2.05) is 0 Å². The van der Waals surface area contributed by atoms with E-state index in [0.717, 1.165) is 23.7 Å². The SMILES string of the molecule is CC(C)C(C1CC1)C1CC(C)(C)N(C)C(C)(C)C1. The Morgan fingerprint density at radius 3 is 1.67 bits per heavy atom. The van der Waals surface area contributed by atoms with Crippen molar-refractivity contribution in [3.8, 4) is 0 Å². The molecule has 2 fully saturated rings. The van der Waals surface area contributed by atoms with Crippen LogP contribution in [0.25, 0.3) is 0 Å². The van der Waals surface area contributed by atoms with Crippen molar-refractivity contribution in [3.63, 3.8) is 0 Å². The molecule has 0 aromatic heterocycles. The van der Waals surface area contributed by atoms with Gasteiger partial charge >= 0.3 is 0 Å². The molecule has 1 atom stereocenters. The molecule has 2 rings (SSSR count). The summed E-state index contributed by atoms with van der Waals surface area (Å²) in [5.41, 5.74) is 0.711.